The molecule has 4 nitrogen and oxygen atoms in total. The van der Waals surface area contributed by atoms with Gasteiger partial charge in [0.2, 0.25) is 0 Å². The third-order valence-corrected chi connectivity index (χ3v) is 6.73. The van der Waals surface area contributed by atoms with Crippen molar-refractivity contribution >= 4 is 51.9 Å². The summed E-state index contributed by atoms with van der Waals surface area (Å²) in [6.07, 6.45) is 1.79. The molecule has 3 aromatic rings. The summed E-state index contributed by atoms with van der Waals surface area (Å²) >= 11 is 13.0. The van der Waals surface area contributed by atoms with Gasteiger partial charge >= 0.3 is 0 Å². The van der Waals surface area contributed by atoms with Gasteiger partial charge in [0.15, 0.2) is 0 Å². The number of ether oxygens (including phenoxy) is 2. The molecular formula is C27H24ClNO3S2. The van der Waals surface area contributed by atoms with Crippen molar-refractivity contribution in [3.05, 3.63) is 98.9 Å². The number of hydrogen-bond donors (Lipinski definition) is 0. The first-order valence-corrected chi connectivity index (χ1v) is 12.4. The Kier molecular flexibility index (Phi) is 7.93. The van der Waals surface area contributed by atoms with E-state index >= 15 is 0 Å². The van der Waals surface area contributed by atoms with Gasteiger partial charge in [0.25, 0.3) is 5.91 Å². The number of hydrogen-bond acceptors (Lipinski definition) is 5. The summed E-state index contributed by atoms with van der Waals surface area (Å²) in [5.74, 6) is 1.32. The molecule has 0 unspecified atom stereocenters. The SMILES string of the molecule is Cc1cc(C)cc(OCCOc2ccc(Cl)cc2C=C2SC(=S)N(Cc3ccccc3)C2=O)c1. The van der Waals surface area contributed by atoms with E-state index in [0.717, 1.165) is 28.0 Å². The second-order valence-corrected chi connectivity index (χ2v) is 10.1. The first-order chi connectivity index (χ1) is 16.4. The van der Waals surface area contributed by atoms with Crippen LogP contribution in [0, 0.1) is 13.8 Å². The molecule has 7 heteroatoms. The van der Waals surface area contributed by atoms with Crippen LogP contribution in [0.4, 0.5) is 0 Å². The van der Waals surface area contributed by atoms with E-state index in [-0.39, 0.29) is 5.91 Å². The smallest absolute Gasteiger partial charge is 0.266 e. The number of benzene rings is 3. The monoisotopic (exact) mass is 509 g/mol. The van der Waals surface area contributed by atoms with E-state index in [2.05, 4.69) is 6.07 Å². The minimum Gasteiger partial charge on any atom is -0.490 e. The number of aryl methyl sites for hydroxylation is 2. The highest BCUT2D eigenvalue weighted by atomic mass is 35.5. The molecule has 4 rings (SSSR count). The van der Waals surface area contributed by atoms with Crippen molar-refractivity contribution in [1.82, 2.24) is 4.90 Å². The van der Waals surface area contributed by atoms with E-state index in [4.69, 9.17) is 33.3 Å². The van der Waals surface area contributed by atoms with Gasteiger partial charge in [0, 0.05) is 10.6 Å². The molecule has 3 aromatic carbocycles. The van der Waals surface area contributed by atoms with Gasteiger partial charge in [-0.1, -0.05) is 72.0 Å². The molecule has 1 heterocycles. The van der Waals surface area contributed by atoms with Gasteiger partial charge in [0.1, 0.15) is 29.0 Å². The molecule has 1 aliphatic heterocycles. The predicted molar refractivity (Wildman–Crippen MR) is 144 cm³/mol. The Balaban J connectivity index is 1.44. The zero-order valence-corrected chi connectivity index (χ0v) is 21.3. The highest BCUT2D eigenvalue weighted by molar-refractivity contribution is 8.26. The van der Waals surface area contributed by atoms with Crippen molar-refractivity contribution < 1.29 is 14.3 Å². The predicted octanol–water partition coefficient (Wildman–Crippen LogP) is 6.82. The summed E-state index contributed by atoms with van der Waals surface area (Å²) in [5, 5.41) is 0.560. The van der Waals surface area contributed by atoms with Crippen LogP contribution in [0.15, 0.2) is 71.6 Å². The summed E-state index contributed by atoms with van der Waals surface area (Å²) in [6, 6.07) is 21.2. The minimum atomic E-state index is -0.122. The van der Waals surface area contributed by atoms with Crippen molar-refractivity contribution in [2.24, 2.45) is 0 Å². The number of thioether (sulfide) groups is 1. The fourth-order valence-corrected chi connectivity index (χ4v) is 5.06. The number of nitrogens with zero attached hydrogens (tertiary/aromatic N) is 1. The number of rotatable bonds is 8. The van der Waals surface area contributed by atoms with Crippen molar-refractivity contribution in [3.8, 4) is 11.5 Å². The molecule has 174 valence electrons. The third kappa shape index (κ3) is 6.20. The van der Waals surface area contributed by atoms with E-state index in [0.29, 0.717) is 39.8 Å². The lowest BCUT2D eigenvalue weighted by Gasteiger charge is -2.14. The number of amides is 1. The van der Waals surface area contributed by atoms with Crippen LogP contribution in [0.5, 0.6) is 11.5 Å². The fourth-order valence-electron chi connectivity index (χ4n) is 3.63. The van der Waals surface area contributed by atoms with Crippen molar-refractivity contribution in [2.45, 2.75) is 20.4 Å². The quantitative estimate of drug-likeness (QED) is 0.189. The molecule has 1 saturated heterocycles. The Morgan fingerprint density at radius 1 is 0.971 bits per heavy atom. The highest BCUT2D eigenvalue weighted by Crippen LogP contribution is 2.36. The van der Waals surface area contributed by atoms with Crippen LogP contribution in [-0.4, -0.2) is 28.3 Å². The summed E-state index contributed by atoms with van der Waals surface area (Å²) < 4.78 is 12.3. The topological polar surface area (TPSA) is 38.8 Å². The molecule has 34 heavy (non-hydrogen) atoms. The summed E-state index contributed by atoms with van der Waals surface area (Å²) in [6.45, 7) is 5.27. The number of halogens is 1. The second-order valence-electron chi connectivity index (χ2n) is 7.96. The Morgan fingerprint density at radius 3 is 2.41 bits per heavy atom. The van der Waals surface area contributed by atoms with Crippen LogP contribution in [0.25, 0.3) is 6.08 Å². The largest absolute Gasteiger partial charge is 0.490 e. The molecule has 1 fully saturated rings. The lowest BCUT2D eigenvalue weighted by atomic mass is 10.1. The molecule has 0 aromatic heterocycles. The molecule has 1 amide bonds. The Hall–Kier alpha value is -2.80. The Morgan fingerprint density at radius 2 is 1.68 bits per heavy atom. The normalized spacial score (nSPS) is 14.7. The summed E-state index contributed by atoms with van der Waals surface area (Å²) in [7, 11) is 0. The molecule has 0 radical (unpaired) electrons. The maximum Gasteiger partial charge on any atom is 0.266 e. The maximum atomic E-state index is 13.0. The Bertz CT molecular complexity index is 1220. The van der Waals surface area contributed by atoms with E-state index in [1.807, 2.05) is 56.3 Å². The number of carbonyl (C=O) groups is 1. The van der Waals surface area contributed by atoms with Crippen LogP contribution in [0.2, 0.25) is 5.02 Å². The number of carbonyl (C=O) groups excluding carboxylic acids is 1. The van der Waals surface area contributed by atoms with Gasteiger partial charge in [-0.15, -0.1) is 0 Å². The van der Waals surface area contributed by atoms with E-state index in [1.165, 1.54) is 11.8 Å². The van der Waals surface area contributed by atoms with Crippen molar-refractivity contribution in [1.29, 1.82) is 0 Å². The lowest BCUT2D eigenvalue weighted by molar-refractivity contribution is -0.122. The minimum absolute atomic E-state index is 0.122. The first kappa shape index (κ1) is 24.3. The zero-order valence-electron chi connectivity index (χ0n) is 18.9. The van der Waals surface area contributed by atoms with Gasteiger partial charge in [-0.2, -0.15) is 0 Å². The van der Waals surface area contributed by atoms with E-state index in [1.54, 1.807) is 29.2 Å². The zero-order chi connectivity index (χ0) is 24.1. The Labute approximate surface area is 214 Å². The molecule has 0 aliphatic carbocycles. The summed E-state index contributed by atoms with van der Waals surface area (Å²) in [4.78, 5) is 15.2. The second kappa shape index (κ2) is 11.1. The first-order valence-electron chi connectivity index (χ1n) is 10.8. The lowest BCUT2D eigenvalue weighted by Crippen LogP contribution is -2.27. The van der Waals surface area contributed by atoms with Gasteiger partial charge in [-0.05, 0) is 66.9 Å². The average molecular weight is 510 g/mol. The molecule has 0 bridgehead atoms. The van der Waals surface area contributed by atoms with Crippen molar-refractivity contribution in [2.75, 3.05) is 13.2 Å². The van der Waals surface area contributed by atoms with Gasteiger partial charge in [-0.3, -0.25) is 9.69 Å². The molecule has 0 atom stereocenters. The van der Waals surface area contributed by atoms with Crippen LogP contribution in [-0.2, 0) is 11.3 Å². The summed E-state index contributed by atoms with van der Waals surface area (Å²) in [5.41, 5.74) is 4.05. The van der Waals surface area contributed by atoms with E-state index in [9.17, 15) is 4.79 Å². The van der Waals surface area contributed by atoms with Gasteiger partial charge < -0.3 is 9.47 Å². The van der Waals surface area contributed by atoms with Crippen LogP contribution in [0.1, 0.15) is 22.3 Å². The number of thiocarbonyl (C=S) groups is 1. The van der Waals surface area contributed by atoms with Crippen molar-refractivity contribution in [3.63, 3.8) is 0 Å². The van der Waals surface area contributed by atoms with Gasteiger partial charge in [0.05, 0.1) is 11.4 Å². The standard InChI is InChI=1S/C27H24ClNO3S2/c1-18-12-19(2)14-23(13-18)31-10-11-32-24-9-8-22(28)15-21(24)16-25-26(30)29(27(33)34-25)17-20-6-4-3-5-7-20/h3-9,12-16H,10-11,17H2,1-2H3. The molecule has 1 aliphatic rings. The molecule has 0 saturated carbocycles. The highest BCUT2D eigenvalue weighted by Gasteiger charge is 2.32. The molecular weight excluding hydrogens is 486 g/mol. The fraction of sp³-hybridized carbons (Fsp3) is 0.185. The van der Waals surface area contributed by atoms with E-state index < -0.39 is 0 Å². The van der Waals surface area contributed by atoms with Crippen LogP contribution < -0.4 is 9.47 Å². The van der Waals surface area contributed by atoms with Crippen LogP contribution >= 0.6 is 35.6 Å². The third-order valence-electron chi connectivity index (χ3n) is 5.12. The van der Waals surface area contributed by atoms with Crippen LogP contribution in [0.3, 0.4) is 0 Å². The average Bonchev–Trinajstić information content (AvgIpc) is 3.05. The molecule has 0 N–H and O–H groups in total. The molecule has 0 spiro atoms. The maximum absolute atomic E-state index is 13.0. The van der Waals surface area contributed by atoms with Gasteiger partial charge in [-0.25, -0.2) is 0 Å².